The molecule has 5 heteroatoms. The third-order valence-corrected chi connectivity index (χ3v) is 2.15. The van der Waals surface area contributed by atoms with Gasteiger partial charge in [0.15, 0.2) is 17.9 Å². The lowest BCUT2D eigenvalue weighted by Crippen LogP contribution is -2.02. The van der Waals surface area contributed by atoms with Crippen molar-refractivity contribution in [3.05, 3.63) is 28.9 Å². The zero-order valence-corrected chi connectivity index (χ0v) is 9.02. The van der Waals surface area contributed by atoms with E-state index in [1.54, 1.807) is 12.1 Å². The van der Waals surface area contributed by atoms with Crippen LogP contribution in [-0.2, 0) is 0 Å². The summed E-state index contributed by atoms with van der Waals surface area (Å²) in [6.07, 6.45) is 1.12. The van der Waals surface area contributed by atoms with Crippen LogP contribution < -0.4 is 15.1 Å². The lowest BCUT2D eigenvalue weighted by Gasteiger charge is -2.09. The molecule has 84 valence electrons. The van der Waals surface area contributed by atoms with Gasteiger partial charge in [0.05, 0.1) is 24.6 Å². The van der Waals surface area contributed by atoms with Crippen LogP contribution in [0.5, 0.6) is 11.5 Å². The molecule has 1 heterocycles. The zero-order chi connectivity index (χ0) is 11.5. The molecule has 0 atom stereocenters. The Labute approximate surface area is 91.6 Å². The molecule has 1 aromatic heterocycles. The fourth-order valence-electron chi connectivity index (χ4n) is 1.44. The first-order valence-electron chi connectivity index (χ1n) is 4.84. The highest BCUT2D eigenvalue weighted by Crippen LogP contribution is 2.30. The van der Waals surface area contributed by atoms with E-state index >= 15 is 0 Å². The molecule has 0 bridgehead atoms. The van der Waals surface area contributed by atoms with Crippen molar-refractivity contribution in [2.45, 2.75) is 6.92 Å². The Kier molecular flexibility index (Phi) is 2.76. The average molecular weight is 221 g/mol. The van der Waals surface area contributed by atoms with Crippen LogP contribution >= 0.6 is 0 Å². The molecule has 0 saturated heterocycles. The van der Waals surface area contributed by atoms with E-state index in [0.29, 0.717) is 29.0 Å². The molecule has 0 N–H and O–H groups in total. The normalized spacial score (nSPS) is 10.4. The lowest BCUT2D eigenvalue weighted by atomic mass is 10.2. The predicted molar refractivity (Wildman–Crippen MR) is 58.0 cm³/mol. The largest absolute Gasteiger partial charge is 0.493 e. The van der Waals surface area contributed by atoms with Crippen LogP contribution in [0.1, 0.15) is 6.92 Å². The van der Waals surface area contributed by atoms with Gasteiger partial charge in [-0.2, -0.15) is 0 Å². The maximum atomic E-state index is 11.4. The summed E-state index contributed by atoms with van der Waals surface area (Å²) in [5.74, 6) is 1.06. The number of nitrogens with zero attached hydrogens (tertiary/aromatic N) is 1. The summed E-state index contributed by atoms with van der Waals surface area (Å²) in [4.78, 5) is 15.4. The van der Waals surface area contributed by atoms with Gasteiger partial charge in [0.25, 0.3) is 0 Å². The SMILES string of the molecule is CCOc1cc2c(=O)ocnc2cc1OC. The quantitative estimate of drug-likeness (QED) is 0.787. The van der Waals surface area contributed by atoms with Gasteiger partial charge in [-0.05, 0) is 6.92 Å². The van der Waals surface area contributed by atoms with Crippen LogP contribution in [0.3, 0.4) is 0 Å². The van der Waals surface area contributed by atoms with Gasteiger partial charge in [-0.15, -0.1) is 0 Å². The molecule has 0 saturated carbocycles. The molecule has 0 unspecified atom stereocenters. The second kappa shape index (κ2) is 4.22. The monoisotopic (exact) mass is 221 g/mol. The summed E-state index contributed by atoms with van der Waals surface area (Å²) in [6, 6.07) is 3.23. The summed E-state index contributed by atoms with van der Waals surface area (Å²) in [7, 11) is 1.54. The van der Waals surface area contributed by atoms with Crippen LogP contribution in [0.2, 0.25) is 0 Å². The van der Waals surface area contributed by atoms with Gasteiger partial charge in [0.1, 0.15) is 0 Å². The molecule has 0 aliphatic carbocycles. The van der Waals surface area contributed by atoms with E-state index in [1.807, 2.05) is 6.92 Å². The standard InChI is InChI=1S/C11H11NO4/c1-3-15-10-4-7-8(5-9(10)14-2)12-6-16-11(7)13/h4-6H,3H2,1-2H3. The molecule has 2 aromatic rings. The second-order valence-corrected chi connectivity index (χ2v) is 3.09. The third kappa shape index (κ3) is 1.71. The van der Waals surface area contributed by atoms with E-state index in [4.69, 9.17) is 9.47 Å². The number of benzene rings is 1. The summed E-state index contributed by atoms with van der Waals surface area (Å²) in [5, 5.41) is 0.381. The first kappa shape index (κ1) is 10.5. The van der Waals surface area contributed by atoms with Crippen LogP contribution in [0.4, 0.5) is 0 Å². The molecule has 0 aliphatic rings. The molecule has 0 fully saturated rings. The van der Waals surface area contributed by atoms with Gasteiger partial charge in [-0.3, -0.25) is 0 Å². The van der Waals surface area contributed by atoms with E-state index in [2.05, 4.69) is 9.40 Å². The van der Waals surface area contributed by atoms with Gasteiger partial charge in [-0.25, -0.2) is 9.78 Å². The van der Waals surface area contributed by atoms with Crippen molar-refractivity contribution in [3.63, 3.8) is 0 Å². The van der Waals surface area contributed by atoms with Crippen molar-refractivity contribution in [3.8, 4) is 11.5 Å². The minimum atomic E-state index is -0.436. The minimum absolute atomic E-state index is 0.381. The van der Waals surface area contributed by atoms with Gasteiger partial charge < -0.3 is 13.9 Å². The van der Waals surface area contributed by atoms with Crippen LogP contribution in [-0.4, -0.2) is 18.7 Å². The first-order valence-corrected chi connectivity index (χ1v) is 4.84. The molecule has 2 rings (SSSR count). The van der Waals surface area contributed by atoms with E-state index in [-0.39, 0.29) is 0 Å². The van der Waals surface area contributed by atoms with Crippen LogP contribution in [0, 0.1) is 0 Å². The number of methoxy groups -OCH3 is 1. The molecule has 16 heavy (non-hydrogen) atoms. The van der Waals surface area contributed by atoms with E-state index in [1.165, 1.54) is 7.11 Å². The number of aromatic nitrogens is 1. The summed E-state index contributed by atoms with van der Waals surface area (Å²) < 4.78 is 15.2. The smallest absolute Gasteiger partial charge is 0.346 e. The van der Waals surface area contributed by atoms with Gasteiger partial charge >= 0.3 is 5.63 Å². The topological polar surface area (TPSA) is 61.6 Å². The maximum absolute atomic E-state index is 11.4. The highest BCUT2D eigenvalue weighted by Gasteiger charge is 2.09. The summed E-state index contributed by atoms with van der Waals surface area (Å²) >= 11 is 0. The molecular formula is C11H11NO4. The summed E-state index contributed by atoms with van der Waals surface area (Å²) in [6.45, 7) is 2.35. The van der Waals surface area contributed by atoms with Crippen LogP contribution in [0.25, 0.3) is 10.9 Å². The number of fused-ring (bicyclic) bond motifs is 1. The number of hydrogen-bond acceptors (Lipinski definition) is 5. The molecule has 0 spiro atoms. The lowest BCUT2D eigenvalue weighted by molar-refractivity contribution is 0.311. The Balaban J connectivity index is 2.70. The van der Waals surface area contributed by atoms with E-state index in [9.17, 15) is 4.79 Å². The van der Waals surface area contributed by atoms with Crippen molar-refractivity contribution < 1.29 is 13.9 Å². The van der Waals surface area contributed by atoms with Gasteiger partial charge in [-0.1, -0.05) is 0 Å². The van der Waals surface area contributed by atoms with E-state index < -0.39 is 5.63 Å². The minimum Gasteiger partial charge on any atom is -0.493 e. The number of ether oxygens (including phenoxy) is 2. The summed E-state index contributed by atoms with van der Waals surface area (Å²) in [5.41, 5.74) is 0.0881. The van der Waals surface area contributed by atoms with Gasteiger partial charge in [0.2, 0.25) is 0 Å². The Bertz CT molecular complexity index is 561. The molecule has 1 aromatic carbocycles. The second-order valence-electron chi connectivity index (χ2n) is 3.09. The van der Waals surface area contributed by atoms with Crippen LogP contribution in [0.15, 0.2) is 27.7 Å². The van der Waals surface area contributed by atoms with E-state index in [0.717, 1.165) is 6.39 Å². The Morgan fingerprint density at radius 1 is 1.38 bits per heavy atom. The Morgan fingerprint density at radius 3 is 2.88 bits per heavy atom. The first-order chi connectivity index (χ1) is 7.76. The van der Waals surface area contributed by atoms with Crippen molar-refractivity contribution in [1.82, 2.24) is 4.98 Å². The van der Waals surface area contributed by atoms with Crippen molar-refractivity contribution in [1.29, 1.82) is 0 Å². The Hall–Kier alpha value is -2.04. The molecular weight excluding hydrogens is 210 g/mol. The molecule has 5 nitrogen and oxygen atoms in total. The molecule has 0 amide bonds. The van der Waals surface area contributed by atoms with Crippen molar-refractivity contribution in [2.24, 2.45) is 0 Å². The highest BCUT2D eigenvalue weighted by molar-refractivity contribution is 5.81. The average Bonchev–Trinajstić information content (AvgIpc) is 2.30. The fraction of sp³-hybridized carbons (Fsp3) is 0.273. The Morgan fingerprint density at radius 2 is 2.19 bits per heavy atom. The highest BCUT2D eigenvalue weighted by atomic mass is 16.5. The van der Waals surface area contributed by atoms with Crippen molar-refractivity contribution >= 4 is 10.9 Å². The molecule has 0 aliphatic heterocycles. The number of hydrogen-bond donors (Lipinski definition) is 0. The maximum Gasteiger partial charge on any atom is 0.346 e. The number of rotatable bonds is 3. The zero-order valence-electron chi connectivity index (χ0n) is 9.02. The van der Waals surface area contributed by atoms with Crippen molar-refractivity contribution in [2.75, 3.05) is 13.7 Å². The molecule has 0 radical (unpaired) electrons. The third-order valence-electron chi connectivity index (χ3n) is 2.15. The van der Waals surface area contributed by atoms with Gasteiger partial charge in [0, 0.05) is 12.1 Å². The fourth-order valence-corrected chi connectivity index (χ4v) is 1.44. The predicted octanol–water partition coefficient (Wildman–Crippen LogP) is 1.60.